The van der Waals surface area contributed by atoms with Gasteiger partial charge >= 0.3 is 0 Å². The first-order chi connectivity index (χ1) is 15.9. The van der Waals surface area contributed by atoms with E-state index in [9.17, 15) is 15.2 Å². The van der Waals surface area contributed by atoms with Crippen LogP contribution in [0.2, 0.25) is 0 Å². The van der Waals surface area contributed by atoms with Crippen molar-refractivity contribution < 1.29 is 14.8 Å². The molecule has 170 valence electrons. The van der Waals surface area contributed by atoms with Gasteiger partial charge in [-0.2, -0.15) is 15.3 Å². The molecule has 0 aliphatic rings. The smallest absolute Gasteiger partial charge is 0.269 e. The van der Waals surface area contributed by atoms with E-state index in [1.54, 1.807) is 12.1 Å². The third-order valence-corrected chi connectivity index (χ3v) is 4.92. The Morgan fingerprint density at radius 3 is 2.03 bits per heavy atom. The molecule has 0 aliphatic heterocycles. The summed E-state index contributed by atoms with van der Waals surface area (Å²) in [6, 6.07) is 16.6. The first-order valence-corrected chi connectivity index (χ1v) is 10.2. The van der Waals surface area contributed by atoms with E-state index >= 15 is 0 Å². The second-order valence-electron chi connectivity index (χ2n) is 7.01. The van der Waals surface area contributed by atoms with Gasteiger partial charge in [-0.3, -0.25) is 10.1 Å². The van der Waals surface area contributed by atoms with Crippen molar-refractivity contribution in [3.63, 3.8) is 0 Å². The molecule has 0 aliphatic carbocycles. The van der Waals surface area contributed by atoms with Crippen LogP contribution < -0.4 is 9.64 Å². The van der Waals surface area contributed by atoms with E-state index in [1.807, 2.05) is 31.3 Å². The van der Waals surface area contributed by atoms with Crippen molar-refractivity contribution in [1.82, 2.24) is 0 Å². The Labute approximate surface area is 191 Å². The molecule has 0 aromatic heterocycles. The van der Waals surface area contributed by atoms with E-state index in [-0.39, 0.29) is 12.3 Å². The molecule has 0 fully saturated rings. The zero-order chi connectivity index (χ0) is 23.8. The number of rotatable bonds is 9. The Morgan fingerprint density at radius 2 is 1.52 bits per heavy atom. The van der Waals surface area contributed by atoms with Crippen LogP contribution in [0.1, 0.15) is 12.5 Å². The molecule has 0 unspecified atom stereocenters. The number of methoxy groups -OCH3 is 1. The number of hydrogen-bond donors (Lipinski definition) is 1. The largest absolute Gasteiger partial charge is 0.494 e. The number of anilines is 1. The molecule has 0 heterocycles. The Kier molecular flexibility index (Phi) is 7.77. The first-order valence-electron chi connectivity index (χ1n) is 10.2. The van der Waals surface area contributed by atoms with Crippen LogP contribution in [0.5, 0.6) is 5.75 Å². The van der Waals surface area contributed by atoms with E-state index in [4.69, 9.17) is 4.74 Å². The third kappa shape index (κ3) is 5.95. The third-order valence-electron chi connectivity index (χ3n) is 4.92. The van der Waals surface area contributed by atoms with Gasteiger partial charge in [-0.15, -0.1) is 5.11 Å². The van der Waals surface area contributed by atoms with E-state index in [0.29, 0.717) is 34.1 Å². The molecule has 3 rings (SSSR count). The van der Waals surface area contributed by atoms with Crippen molar-refractivity contribution in [2.24, 2.45) is 20.5 Å². The minimum Gasteiger partial charge on any atom is -0.494 e. The number of benzene rings is 3. The molecule has 0 spiro atoms. The fourth-order valence-corrected chi connectivity index (χ4v) is 2.88. The molecule has 0 saturated heterocycles. The number of hydrogen-bond acceptors (Lipinski definition) is 9. The molecule has 3 aromatic carbocycles. The van der Waals surface area contributed by atoms with Crippen LogP contribution in [0.15, 0.2) is 81.1 Å². The maximum Gasteiger partial charge on any atom is 0.269 e. The van der Waals surface area contributed by atoms with E-state index in [2.05, 4.69) is 32.3 Å². The van der Waals surface area contributed by atoms with Crippen LogP contribution >= 0.6 is 0 Å². The van der Waals surface area contributed by atoms with Crippen molar-refractivity contribution in [2.75, 3.05) is 25.6 Å². The zero-order valence-corrected chi connectivity index (χ0v) is 18.5. The molecule has 33 heavy (non-hydrogen) atoms. The number of nitro benzene ring substituents is 1. The van der Waals surface area contributed by atoms with Gasteiger partial charge in [0.25, 0.3) is 5.69 Å². The van der Waals surface area contributed by atoms with Crippen molar-refractivity contribution in [3.8, 4) is 5.75 Å². The highest BCUT2D eigenvalue weighted by atomic mass is 16.6. The van der Waals surface area contributed by atoms with Crippen molar-refractivity contribution >= 4 is 34.1 Å². The Bertz CT molecular complexity index is 1160. The monoisotopic (exact) mass is 448 g/mol. The van der Waals surface area contributed by atoms with Crippen molar-refractivity contribution in [2.45, 2.75) is 13.5 Å². The van der Waals surface area contributed by atoms with E-state index in [1.165, 1.54) is 31.4 Å². The van der Waals surface area contributed by atoms with Crippen LogP contribution in [0.25, 0.3) is 0 Å². The van der Waals surface area contributed by atoms with Gasteiger partial charge in [0.15, 0.2) is 0 Å². The van der Waals surface area contributed by atoms with Crippen molar-refractivity contribution in [3.05, 3.63) is 76.3 Å². The van der Waals surface area contributed by atoms with E-state index in [0.717, 1.165) is 12.2 Å². The Morgan fingerprint density at radius 1 is 0.939 bits per heavy atom. The predicted octanol–water partition coefficient (Wildman–Crippen LogP) is 6.38. The predicted molar refractivity (Wildman–Crippen MR) is 126 cm³/mol. The standard InChI is InChI=1S/C23H24N6O4/c1-4-28(2)19-9-5-17(6-10-19)25-27-22-13-16(15-30)21(14-23(22)33-3)26-24-18-7-11-20(12-8-18)29(31)32/h5-14,30H,4,15H2,1-3H3. The molecule has 0 atom stereocenters. The molecule has 0 bridgehead atoms. The maximum atomic E-state index is 10.8. The lowest BCUT2D eigenvalue weighted by Crippen LogP contribution is -2.15. The summed E-state index contributed by atoms with van der Waals surface area (Å²) in [5.41, 5.74) is 3.47. The maximum absolute atomic E-state index is 10.8. The number of non-ortho nitro benzene ring substituents is 1. The molecule has 3 aromatic rings. The minimum atomic E-state index is -0.485. The number of ether oxygens (including phenoxy) is 1. The van der Waals surface area contributed by atoms with Gasteiger partial charge in [0.05, 0.1) is 35.7 Å². The van der Waals surface area contributed by atoms with Gasteiger partial charge in [0, 0.05) is 43.0 Å². The summed E-state index contributed by atoms with van der Waals surface area (Å²) in [5, 5.41) is 37.4. The molecule has 0 radical (unpaired) electrons. The molecule has 0 saturated carbocycles. The molecule has 10 heteroatoms. The summed E-state index contributed by atoms with van der Waals surface area (Å²) < 4.78 is 5.41. The summed E-state index contributed by atoms with van der Waals surface area (Å²) in [7, 11) is 3.51. The summed E-state index contributed by atoms with van der Waals surface area (Å²) in [6.07, 6.45) is 0. The second-order valence-corrected chi connectivity index (χ2v) is 7.01. The number of aliphatic hydroxyl groups is 1. The molecule has 0 amide bonds. The van der Waals surface area contributed by atoms with Crippen molar-refractivity contribution in [1.29, 1.82) is 0 Å². The molecular weight excluding hydrogens is 424 g/mol. The Hall–Kier alpha value is -4.18. The molecular formula is C23H24N6O4. The lowest BCUT2D eigenvalue weighted by atomic mass is 10.1. The SMILES string of the molecule is CCN(C)c1ccc(N=Nc2cc(CO)c(N=Nc3ccc([N+](=O)[O-])cc3)cc2OC)cc1. The first kappa shape index (κ1) is 23.5. The van der Waals surface area contributed by atoms with Crippen LogP contribution in [-0.4, -0.2) is 30.7 Å². The highest BCUT2D eigenvalue weighted by Gasteiger charge is 2.11. The Balaban J connectivity index is 1.84. The van der Waals surface area contributed by atoms with Gasteiger partial charge in [0.2, 0.25) is 0 Å². The van der Waals surface area contributed by atoms with Crippen LogP contribution in [-0.2, 0) is 6.61 Å². The summed E-state index contributed by atoms with van der Waals surface area (Å²) in [6.45, 7) is 2.68. The van der Waals surface area contributed by atoms with Gasteiger partial charge < -0.3 is 14.7 Å². The summed E-state index contributed by atoms with van der Waals surface area (Å²) in [4.78, 5) is 12.4. The average molecular weight is 448 g/mol. The molecule has 1 N–H and O–H groups in total. The number of nitrogens with zero attached hydrogens (tertiary/aromatic N) is 6. The van der Waals surface area contributed by atoms with Gasteiger partial charge in [0.1, 0.15) is 11.4 Å². The summed E-state index contributed by atoms with van der Waals surface area (Å²) >= 11 is 0. The zero-order valence-electron chi connectivity index (χ0n) is 18.5. The lowest BCUT2D eigenvalue weighted by Gasteiger charge is -2.16. The number of azo groups is 2. The fourth-order valence-electron chi connectivity index (χ4n) is 2.88. The highest BCUT2D eigenvalue weighted by Crippen LogP contribution is 2.37. The number of aliphatic hydroxyl groups excluding tert-OH is 1. The molecule has 10 nitrogen and oxygen atoms in total. The van der Waals surface area contributed by atoms with Gasteiger partial charge in [-0.25, -0.2) is 0 Å². The van der Waals surface area contributed by atoms with E-state index < -0.39 is 4.92 Å². The fraction of sp³-hybridized carbons (Fsp3) is 0.217. The highest BCUT2D eigenvalue weighted by molar-refractivity contribution is 5.63. The summed E-state index contributed by atoms with van der Waals surface area (Å²) in [5.74, 6) is 0.413. The van der Waals surface area contributed by atoms with Crippen LogP contribution in [0, 0.1) is 10.1 Å². The normalized spacial score (nSPS) is 11.3. The quantitative estimate of drug-likeness (QED) is 0.231. The van der Waals surface area contributed by atoms with Gasteiger partial charge in [-0.05, 0) is 49.4 Å². The van der Waals surface area contributed by atoms with Crippen LogP contribution in [0.3, 0.4) is 0 Å². The minimum absolute atomic E-state index is 0.0339. The second kappa shape index (κ2) is 10.9. The van der Waals surface area contributed by atoms with Gasteiger partial charge in [-0.1, -0.05) is 0 Å². The lowest BCUT2D eigenvalue weighted by molar-refractivity contribution is -0.384. The average Bonchev–Trinajstić information content (AvgIpc) is 2.86. The topological polar surface area (TPSA) is 125 Å². The van der Waals surface area contributed by atoms with Crippen LogP contribution in [0.4, 0.5) is 34.1 Å². The number of nitro groups is 1.